The minimum absolute atomic E-state index is 0.0287. The number of phenols is 1. The average molecular weight is 729 g/mol. The fourth-order valence-electron chi connectivity index (χ4n) is 9.08. The lowest BCUT2D eigenvalue weighted by Gasteiger charge is -2.49. The highest BCUT2D eigenvalue weighted by atomic mass is 35.5. The molecule has 4 amide bonds. The minimum Gasteiger partial charge on any atom is -0.508 e. The summed E-state index contributed by atoms with van der Waals surface area (Å²) in [5.74, 6) is -3.21. The molecule has 0 radical (unpaired) electrons. The Morgan fingerprint density at radius 2 is 1.53 bits per heavy atom. The fourth-order valence-corrected chi connectivity index (χ4v) is 9.36. The van der Waals surface area contributed by atoms with Gasteiger partial charge in [0, 0.05) is 16.5 Å². The van der Waals surface area contributed by atoms with Crippen LogP contribution in [0.2, 0.25) is 5.02 Å². The number of halogens is 1. The summed E-state index contributed by atoms with van der Waals surface area (Å²) >= 11 is 6.81. The van der Waals surface area contributed by atoms with E-state index in [0.29, 0.717) is 34.9 Å². The van der Waals surface area contributed by atoms with Crippen molar-refractivity contribution in [3.05, 3.63) is 124 Å². The van der Waals surface area contributed by atoms with E-state index in [4.69, 9.17) is 21.1 Å². The van der Waals surface area contributed by atoms with Crippen molar-refractivity contribution >= 4 is 58.8 Å². The summed E-state index contributed by atoms with van der Waals surface area (Å²) in [7, 11) is 3.21. The SMILES string of the molecule is COc1ccc(OC)c(C=Cc2ccc(N3C(=O)C4CC=C5C(CC6C(=O)N(c7ccccc7)C(=O)C6(C)C5c5ccc(O)cc5Cl)C4C3=O)cc2)c1. The number of aromatic hydroxyl groups is 1. The molecule has 6 unspecified atom stereocenters. The number of carbonyl (C=O) groups excluding carboxylic acids is 4. The molecule has 2 aliphatic carbocycles. The lowest BCUT2D eigenvalue weighted by atomic mass is 9.51. The number of anilines is 2. The molecule has 2 saturated heterocycles. The van der Waals surface area contributed by atoms with Crippen molar-refractivity contribution in [1.82, 2.24) is 0 Å². The summed E-state index contributed by atoms with van der Waals surface area (Å²) in [5.41, 5.74) is 2.81. The molecule has 268 valence electrons. The third kappa shape index (κ3) is 5.36. The predicted octanol–water partition coefficient (Wildman–Crippen LogP) is 7.67. The van der Waals surface area contributed by atoms with Crippen LogP contribution < -0.4 is 19.3 Å². The van der Waals surface area contributed by atoms with E-state index in [9.17, 15) is 24.3 Å². The number of rotatable bonds is 7. The second kappa shape index (κ2) is 13.1. The number of para-hydroxylation sites is 1. The van der Waals surface area contributed by atoms with Gasteiger partial charge >= 0.3 is 0 Å². The standard InChI is InChI=1S/C43H37ClN2O7/c1-43-34(40(49)46(42(43)51)26-7-5-4-6-8-26)23-33-30(38(43)31-17-15-28(47)22-35(31)44)18-19-32-37(33)41(50)45(39(32)48)27-13-10-24(11-14-27)9-12-25-21-29(52-2)16-20-36(25)53-3/h4-18,20-22,32-34,37-38,47H,19,23H2,1-3H3. The Labute approximate surface area is 312 Å². The van der Waals surface area contributed by atoms with E-state index >= 15 is 0 Å². The molecule has 1 N–H and O–H groups in total. The fraction of sp³-hybridized carbons (Fsp3) is 0.256. The smallest absolute Gasteiger partial charge is 0.241 e. The van der Waals surface area contributed by atoms with Crippen LogP contribution in [0.3, 0.4) is 0 Å². The summed E-state index contributed by atoms with van der Waals surface area (Å²) < 4.78 is 10.8. The number of methoxy groups -OCH3 is 2. The molecule has 2 heterocycles. The quantitative estimate of drug-likeness (QED) is 0.118. The van der Waals surface area contributed by atoms with Gasteiger partial charge in [0.2, 0.25) is 23.6 Å². The lowest BCUT2D eigenvalue weighted by molar-refractivity contribution is -0.131. The number of ether oxygens (including phenoxy) is 2. The molecular weight excluding hydrogens is 692 g/mol. The average Bonchev–Trinajstić information content (AvgIpc) is 3.54. The molecule has 6 atom stereocenters. The summed E-state index contributed by atoms with van der Waals surface area (Å²) in [6, 6.07) is 26.2. The van der Waals surface area contributed by atoms with Crippen LogP contribution in [0.15, 0.2) is 103 Å². The van der Waals surface area contributed by atoms with Crippen molar-refractivity contribution < 1.29 is 33.8 Å². The van der Waals surface area contributed by atoms with Gasteiger partial charge in [-0.2, -0.15) is 0 Å². The topological polar surface area (TPSA) is 113 Å². The second-order valence-electron chi connectivity index (χ2n) is 14.2. The predicted molar refractivity (Wildman–Crippen MR) is 202 cm³/mol. The number of hydrogen-bond acceptors (Lipinski definition) is 7. The second-order valence-corrected chi connectivity index (χ2v) is 14.7. The molecule has 0 spiro atoms. The van der Waals surface area contributed by atoms with Crippen molar-refractivity contribution in [2.24, 2.45) is 29.1 Å². The van der Waals surface area contributed by atoms with Gasteiger partial charge in [-0.15, -0.1) is 0 Å². The van der Waals surface area contributed by atoms with Gasteiger partial charge in [-0.1, -0.05) is 71.8 Å². The number of allylic oxidation sites excluding steroid dienone is 2. The third-order valence-corrected chi connectivity index (χ3v) is 12.0. The van der Waals surface area contributed by atoms with Gasteiger partial charge in [0.15, 0.2) is 0 Å². The minimum atomic E-state index is -1.23. The van der Waals surface area contributed by atoms with E-state index in [1.54, 1.807) is 56.7 Å². The molecule has 0 bridgehead atoms. The van der Waals surface area contributed by atoms with Crippen LogP contribution in [0.25, 0.3) is 12.2 Å². The number of fused-ring (bicyclic) bond motifs is 4. The van der Waals surface area contributed by atoms with Crippen LogP contribution in [-0.4, -0.2) is 43.0 Å². The Kier molecular flexibility index (Phi) is 8.49. The Morgan fingerprint density at radius 1 is 0.792 bits per heavy atom. The van der Waals surface area contributed by atoms with E-state index in [0.717, 1.165) is 16.7 Å². The van der Waals surface area contributed by atoms with Crippen LogP contribution >= 0.6 is 11.6 Å². The van der Waals surface area contributed by atoms with Gasteiger partial charge in [-0.3, -0.25) is 24.1 Å². The van der Waals surface area contributed by atoms with Crippen LogP contribution in [0.1, 0.15) is 42.4 Å². The van der Waals surface area contributed by atoms with Crippen LogP contribution in [-0.2, 0) is 19.2 Å². The summed E-state index contributed by atoms with van der Waals surface area (Å²) in [4.78, 5) is 60.0. The number of phenolic OH excluding ortho intramolecular Hbond substituents is 1. The molecule has 4 aromatic carbocycles. The molecule has 8 rings (SSSR count). The van der Waals surface area contributed by atoms with Gasteiger partial charge < -0.3 is 14.6 Å². The zero-order valence-corrected chi connectivity index (χ0v) is 30.1. The number of amides is 4. The number of benzene rings is 4. The number of carbonyl (C=O) groups is 4. The highest BCUT2D eigenvalue weighted by molar-refractivity contribution is 6.32. The zero-order chi connectivity index (χ0) is 37.2. The first-order valence-electron chi connectivity index (χ1n) is 17.6. The van der Waals surface area contributed by atoms with Crippen molar-refractivity contribution in [2.75, 3.05) is 24.0 Å². The third-order valence-electron chi connectivity index (χ3n) is 11.6. The summed E-state index contributed by atoms with van der Waals surface area (Å²) in [6.45, 7) is 1.81. The van der Waals surface area contributed by atoms with Crippen molar-refractivity contribution in [2.45, 2.75) is 25.7 Å². The first kappa shape index (κ1) is 34.4. The molecule has 0 aromatic heterocycles. The highest BCUT2D eigenvalue weighted by Gasteiger charge is 2.67. The maximum atomic E-state index is 14.5. The van der Waals surface area contributed by atoms with Crippen LogP contribution in [0, 0.1) is 29.1 Å². The highest BCUT2D eigenvalue weighted by Crippen LogP contribution is 2.64. The lowest BCUT2D eigenvalue weighted by Crippen LogP contribution is -2.49. The van der Waals surface area contributed by atoms with Gasteiger partial charge in [0.25, 0.3) is 0 Å². The Balaban J connectivity index is 1.14. The monoisotopic (exact) mass is 728 g/mol. The summed E-state index contributed by atoms with van der Waals surface area (Å²) in [5, 5.41) is 10.5. The Morgan fingerprint density at radius 3 is 2.23 bits per heavy atom. The van der Waals surface area contributed by atoms with Crippen molar-refractivity contribution in [1.29, 1.82) is 0 Å². The molecule has 4 aliphatic rings. The number of hydrogen-bond donors (Lipinski definition) is 1. The molecule has 2 aliphatic heterocycles. The van der Waals surface area contributed by atoms with Gasteiger partial charge in [-0.25, -0.2) is 4.90 Å². The maximum absolute atomic E-state index is 14.5. The van der Waals surface area contributed by atoms with Gasteiger partial charge in [0.05, 0.1) is 48.8 Å². The Hall–Kier alpha value is -5.67. The largest absolute Gasteiger partial charge is 0.508 e. The summed E-state index contributed by atoms with van der Waals surface area (Å²) in [6.07, 6.45) is 6.34. The van der Waals surface area contributed by atoms with E-state index in [2.05, 4.69) is 0 Å². The Bertz CT molecular complexity index is 2230. The van der Waals surface area contributed by atoms with Gasteiger partial charge in [0.1, 0.15) is 17.2 Å². The molecular formula is C43H37ClN2O7. The maximum Gasteiger partial charge on any atom is 0.241 e. The first-order valence-corrected chi connectivity index (χ1v) is 17.9. The van der Waals surface area contributed by atoms with Gasteiger partial charge in [-0.05, 0) is 91.4 Å². The zero-order valence-electron chi connectivity index (χ0n) is 29.4. The molecule has 4 aromatic rings. The van der Waals surface area contributed by atoms with E-state index in [1.165, 1.54) is 21.9 Å². The molecule has 9 nitrogen and oxygen atoms in total. The van der Waals surface area contributed by atoms with E-state index in [1.807, 2.05) is 61.5 Å². The normalized spacial score (nSPS) is 26.4. The van der Waals surface area contributed by atoms with Crippen LogP contribution in [0.4, 0.5) is 11.4 Å². The number of nitrogens with zero attached hydrogens (tertiary/aromatic N) is 2. The molecule has 3 fully saturated rings. The van der Waals surface area contributed by atoms with E-state index in [-0.39, 0.29) is 40.8 Å². The number of imide groups is 2. The molecule has 10 heteroatoms. The van der Waals surface area contributed by atoms with Crippen molar-refractivity contribution in [3.8, 4) is 17.2 Å². The molecule has 1 saturated carbocycles. The molecule has 53 heavy (non-hydrogen) atoms. The van der Waals surface area contributed by atoms with E-state index < -0.39 is 35.0 Å². The van der Waals surface area contributed by atoms with Crippen LogP contribution in [0.5, 0.6) is 17.2 Å². The van der Waals surface area contributed by atoms with Crippen molar-refractivity contribution in [3.63, 3.8) is 0 Å². The first-order chi connectivity index (χ1) is 25.6.